The van der Waals surface area contributed by atoms with Gasteiger partial charge in [0.25, 0.3) is 11.1 Å². The van der Waals surface area contributed by atoms with Crippen LogP contribution in [0.2, 0.25) is 0 Å². The Morgan fingerprint density at radius 2 is 1.72 bits per heavy atom. The highest BCUT2D eigenvalue weighted by atomic mass is 32.2. The number of aromatic nitrogens is 3. The zero-order valence-corrected chi connectivity index (χ0v) is 14.6. The summed E-state index contributed by atoms with van der Waals surface area (Å²) in [5, 5.41) is 8.90. The molecule has 2 heterocycles. The Morgan fingerprint density at radius 1 is 0.920 bits per heavy atom. The van der Waals surface area contributed by atoms with E-state index >= 15 is 0 Å². The van der Waals surface area contributed by atoms with Crippen molar-refractivity contribution < 1.29 is 4.42 Å². The molecule has 25 heavy (non-hydrogen) atoms. The van der Waals surface area contributed by atoms with E-state index in [0.29, 0.717) is 11.1 Å². The van der Waals surface area contributed by atoms with Crippen molar-refractivity contribution in [3.05, 3.63) is 78.5 Å². The Labute approximate surface area is 150 Å². The van der Waals surface area contributed by atoms with Gasteiger partial charge in [-0.05, 0) is 28.8 Å². The minimum absolute atomic E-state index is 0.548. The van der Waals surface area contributed by atoms with Crippen molar-refractivity contribution in [1.29, 1.82) is 0 Å². The second-order valence-corrected chi connectivity index (χ2v) is 6.62. The molecule has 4 aromatic rings. The molecule has 5 heteroatoms. The van der Waals surface area contributed by atoms with Crippen molar-refractivity contribution in [2.24, 2.45) is 7.05 Å². The Bertz CT molecular complexity index is 975. The average molecular weight is 347 g/mol. The van der Waals surface area contributed by atoms with Crippen molar-refractivity contribution in [2.45, 2.75) is 11.0 Å². The molecule has 0 spiro atoms. The minimum Gasteiger partial charge on any atom is -0.410 e. The van der Waals surface area contributed by atoms with Crippen LogP contribution in [0.15, 0.2) is 82.6 Å². The summed E-state index contributed by atoms with van der Waals surface area (Å²) in [6.07, 6.45) is 1.96. The predicted molar refractivity (Wildman–Crippen MR) is 100 cm³/mol. The van der Waals surface area contributed by atoms with Gasteiger partial charge in [0.05, 0.1) is 0 Å². The van der Waals surface area contributed by atoms with Gasteiger partial charge in [-0.1, -0.05) is 66.4 Å². The van der Waals surface area contributed by atoms with Crippen LogP contribution in [0.4, 0.5) is 0 Å². The van der Waals surface area contributed by atoms with Crippen LogP contribution >= 0.6 is 11.8 Å². The molecule has 124 valence electrons. The van der Waals surface area contributed by atoms with Gasteiger partial charge in [-0.25, -0.2) is 0 Å². The van der Waals surface area contributed by atoms with Gasteiger partial charge in [-0.15, -0.1) is 10.2 Å². The lowest BCUT2D eigenvalue weighted by atomic mass is 10.0. The Morgan fingerprint density at radius 3 is 2.52 bits per heavy atom. The van der Waals surface area contributed by atoms with Gasteiger partial charge in [0.15, 0.2) is 0 Å². The van der Waals surface area contributed by atoms with Crippen LogP contribution in [0.25, 0.3) is 22.7 Å². The lowest BCUT2D eigenvalue weighted by molar-refractivity contribution is 0.463. The minimum atomic E-state index is 0.548. The number of nitrogens with zero attached hydrogens (tertiary/aromatic N) is 3. The standard InChI is InChI=1S/C20H17N3OS/c1-23-13-7-12-18(23)19-21-22-20(24-19)25-14-16-10-5-6-11-17(16)15-8-3-2-4-9-15/h2-13H,14H2,1H3. The van der Waals surface area contributed by atoms with Crippen molar-refractivity contribution in [1.82, 2.24) is 14.8 Å². The lowest BCUT2D eigenvalue weighted by Gasteiger charge is -2.08. The summed E-state index contributed by atoms with van der Waals surface area (Å²) in [5.41, 5.74) is 4.62. The fraction of sp³-hybridized carbons (Fsp3) is 0.100. The zero-order chi connectivity index (χ0) is 17.1. The van der Waals surface area contributed by atoms with E-state index in [2.05, 4.69) is 58.7 Å². The third-order valence-electron chi connectivity index (χ3n) is 4.02. The normalized spacial score (nSPS) is 10.9. The van der Waals surface area contributed by atoms with Gasteiger partial charge >= 0.3 is 0 Å². The summed E-state index contributed by atoms with van der Waals surface area (Å²) in [6, 6.07) is 22.8. The Balaban J connectivity index is 1.53. The second-order valence-electron chi connectivity index (χ2n) is 5.69. The zero-order valence-electron chi connectivity index (χ0n) is 13.8. The molecule has 0 saturated heterocycles. The summed E-state index contributed by atoms with van der Waals surface area (Å²) in [6.45, 7) is 0. The van der Waals surface area contributed by atoms with Crippen molar-refractivity contribution in [3.8, 4) is 22.7 Å². The molecule has 0 bridgehead atoms. The molecule has 0 atom stereocenters. The van der Waals surface area contributed by atoms with Crippen LogP contribution in [0, 0.1) is 0 Å². The number of hydrogen-bond donors (Lipinski definition) is 0. The first-order valence-electron chi connectivity index (χ1n) is 8.02. The smallest absolute Gasteiger partial charge is 0.277 e. The summed E-state index contributed by atoms with van der Waals surface area (Å²) in [5.74, 6) is 1.33. The largest absolute Gasteiger partial charge is 0.410 e. The van der Waals surface area contributed by atoms with Crippen LogP contribution in [-0.4, -0.2) is 14.8 Å². The topological polar surface area (TPSA) is 43.9 Å². The molecule has 0 radical (unpaired) electrons. The second kappa shape index (κ2) is 6.99. The first kappa shape index (κ1) is 15.7. The van der Waals surface area contributed by atoms with E-state index in [1.165, 1.54) is 16.7 Å². The molecule has 0 fully saturated rings. The molecular weight excluding hydrogens is 330 g/mol. The Kier molecular flexibility index (Phi) is 4.39. The SMILES string of the molecule is Cn1cccc1-c1nnc(SCc2ccccc2-c2ccccc2)o1. The number of thioether (sulfide) groups is 1. The molecule has 2 aromatic carbocycles. The van der Waals surface area contributed by atoms with Gasteiger partial charge in [-0.2, -0.15) is 0 Å². The fourth-order valence-electron chi connectivity index (χ4n) is 2.74. The fourth-order valence-corrected chi connectivity index (χ4v) is 3.51. The van der Waals surface area contributed by atoms with E-state index < -0.39 is 0 Å². The van der Waals surface area contributed by atoms with Crippen LogP contribution in [0.1, 0.15) is 5.56 Å². The number of aryl methyl sites for hydroxylation is 1. The highest BCUT2D eigenvalue weighted by Gasteiger charge is 2.12. The lowest BCUT2D eigenvalue weighted by Crippen LogP contribution is -1.88. The van der Waals surface area contributed by atoms with E-state index in [1.807, 2.05) is 36.0 Å². The van der Waals surface area contributed by atoms with Crippen molar-refractivity contribution >= 4 is 11.8 Å². The summed E-state index contributed by atoms with van der Waals surface area (Å²) in [7, 11) is 1.96. The molecular formula is C20H17N3OS. The number of hydrogen-bond acceptors (Lipinski definition) is 4. The summed E-state index contributed by atoms with van der Waals surface area (Å²) in [4.78, 5) is 0. The van der Waals surface area contributed by atoms with Crippen molar-refractivity contribution in [2.75, 3.05) is 0 Å². The predicted octanol–water partition coefficient (Wildman–Crippen LogP) is 5.03. The Hall–Kier alpha value is -2.79. The number of benzene rings is 2. The van der Waals surface area contributed by atoms with Gasteiger partial charge in [-0.3, -0.25) is 0 Å². The summed E-state index contributed by atoms with van der Waals surface area (Å²) >= 11 is 1.56. The van der Waals surface area contributed by atoms with Crippen LogP contribution in [0.5, 0.6) is 0 Å². The first-order chi connectivity index (χ1) is 12.3. The summed E-state index contributed by atoms with van der Waals surface area (Å²) < 4.78 is 7.76. The molecule has 0 aliphatic heterocycles. The maximum atomic E-state index is 5.80. The van der Waals surface area contributed by atoms with E-state index in [9.17, 15) is 0 Å². The first-order valence-corrected chi connectivity index (χ1v) is 9.01. The highest BCUT2D eigenvalue weighted by molar-refractivity contribution is 7.98. The molecule has 0 aliphatic rings. The molecule has 4 nitrogen and oxygen atoms in total. The molecule has 0 amide bonds. The highest BCUT2D eigenvalue weighted by Crippen LogP contribution is 2.30. The van der Waals surface area contributed by atoms with E-state index in [4.69, 9.17) is 4.42 Å². The number of rotatable bonds is 5. The van der Waals surface area contributed by atoms with Gasteiger partial charge in [0, 0.05) is 19.0 Å². The van der Waals surface area contributed by atoms with Gasteiger partial charge < -0.3 is 8.98 Å². The van der Waals surface area contributed by atoms with E-state index in [-0.39, 0.29) is 0 Å². The van der Waals surface area contributed by atoms with Crippen LogP contribution in [0.3, 0.4) is 0 Å². The third kappa shape index (κ3) is 3.37. The van der Waals surface area contributed by atoms with Crippen molar-refractivity contribution in [3.63, 3.8) is 0 Å². The van der Waals surface area contributed by atoms with E-state index in [1.54, 1.807) is 11.8 Å². The maximum Gasteiger partial charge on any atom is 0.277 e. The molecule has 0 saturated carbocycles. The molecule has 2 aromatic heterocycles. The molecule has 0 N–H and O–H groups in total. The van der Waals surface area contributed by atoms with Crippen LogP contribution < -0.4 is 0 Å². The van der Waals surface area contributed by atoms with Gasteiger partial charge in [0.1, 0.15) is 5.69 Å². The molecule has 0 aliphatic carbocycles. The monoisotopic (exact) mass is 347 g/mol. The quantitative estimate of drug-likeness (QED) is 0.475. The molecule has 4 rings (SSSR count). The van der Waals surface area contributed by atoms with Gasteiger partial charge in [0.2, 0.25) is 0 Å². The molecule has 0 unspecified atom stereocenters. The maximum absolute atomic E-state index is 5.80. The van der Waals surface area contributed by atoms with E-state index in [0.717, 1.165) is 11.4 Å². The third-order valence-corrected chi connectivity index (χ3v) is 4.89. The van der Waals surface area contributed by atoms with Crippen LogP contribution in [-0.2, 0) is 12.8 Å². The average Bonchev–Trinajstić information content (AvgIpc) is 3.29.